The molecular weight excluding hydrogens is 264 g/mol. The Bertz CT molecular complexity index is 488. The van der Waals surface area contributed by atoms with Crippen LogP contribution < -0.4 is 21.5 Å². The van der Waals surface area contributed by atoms with Gasteiger partial charge < -0.3 is 10.6 Å². The second-order valence-electron chi connectivity index (χ2n) is 4.16. The molecular formula is C12H14N4O2S. The molecule has 3 amide bonds. The molecule has 0 heterocycles. The van der Waals surface area contributed by atoms with Crippen LogP contribution >= 0.6 is 12.2 Å². The van der Waals surface area contributed by atoms with Crippen LogP contribution in [-0.4, -0.2) is 17.1 Å². The maximum Gasteiger partial charge on any atom is 0.337 e. The van der Waals surface area contributed by atoms with Crippen LogP contribution in [0, 0.1) is 5.92 Å². The van der Waals surface area contributed by atoms with Crippen molar-refractivity contribution in [1.29, 1.82) is 0 Å². The summed E-state index contributed by atoms with van der Waals surface area (Å²) in [5.41, 5.74) is 5.46. The molecule has 1 fully saturated rings. The summed E-state index contributed by atoms with van der Waals surface area (Å²) in [6, 6.07) is 8.52. The Labute approximate surface area is 115 Å². The predicted octanol–water partition coefficient (Wildman–Crippen LogP) is 1.12. The highest BCUT2D eigenvalue weighted by molar-refractivity contribution is 7.80. The molecule has 0 bridgehead atoms. The molecule has 0 aliphatic heterocycles. The molecule has 4 N–H and O–H groups in total. The molecule has 0 saturated heterocycles. The van der Waals surface area contributed by atoms with Crippen molar-refractivity contribution >= 4 is 35.0 Å². The predicted molar refractivity (Wildman–Crippen MR) is 75.2 cm³/mol. The lowest BCUT2D eigenvalue weighted by Gasteiger charge is -2.11. The van der Waals surface area contributed by atoms with Gasteiger partial charge in [0, 0.05) is 11.6 Å². The van der Waals surface area contributed by atoms with Crippen LogP contribution in [0.5, 0.6) is 0 Å². The lowest BCUT2D eigenvalue weighted by molar-refractivity contribution is -0.120. The van der Waals surface area contributed by atoms with E-state index in [1.54, 1.807) is 12.1 Å². The Morgan fingerprint density at radius 2 is 1.79 bits per heavy atom. The molecule has 1 saturated carbocycles. The summed E-state index contributed by atoms with van der Waals surface area (Å²) in [5, 5.41) is 5.18. The Kier molecular flexibility index (Phi) is 4.30. The number of hydrazine groups is 1. The summed E-state index contributed by atoms with van der Waals surface area (Å²) in [6.45, 7) is 0. The highest BCUT2D eigenvalue weighted by Crippen LogP contribution is 2.28. The van der Waals surface area contributed by atoms with E-state index < -0.39 is 6.03 Å². The fourth-order valence-corrected chi connectivity index (χ4v) is 1.54. The van der Waals surface area contributed by atoms with E-state index in [1.165, 1.54) is 0 Å². The number of hydrogen-bond donors (Lipinski definition) is 4. The van der Waals surface area contributed by atoms with Gasteiger partial charge >= 0.3 is 6.03 Å². The minimum atomic E-state index is -0.464. The van der Waals surface area contributed by atoms with E-state index in [4.69, 9.17) is 12.2 Å². The van der Waals surface area contributed by atoms with Gasteiger partial charge in [-0.3, -0.25) is 10.2 Å². The molecule has 1 aliphatic carbocycles. The third-order valence-corrected chi connectivity index (χ3v) is 2.71. The second kappa shape index (κ2) is 6.14. The van der Waals surface area contributed by atoms with Gasteiger partial charge in [0.2, 0.25) is 5.91 Å². The van der Waals surface area contributed by atoms with Gasteiger partial charge in [0.05, 0.1) is 0 Å². The molecule has 1 aliphatic rings. The largest absolute Gasteiger partial charge is 0.337 e. The van der Waals surface area contributed by atoms with Crippen LogP contribution in [0.2, 0.25) is 0 Å². The highest BCUT2D eigenvalue weighted by atomic mass is 32.1. The Balaban J connectivity index is 1.68. The first kappa shape index (κ1) is 13.3. The summed E-state index contributed by atoms with van der Waals surface area (Å²) >= 11 is 4.87. The maximum atomic E-state index is 11.5. The molecule has 7 heteroatoms. The number of benzene rings is 1. The molecule has 0 aromatic heterocycles. The number of anilines is 1. The van der Waals surface area contributed by atoms with E-state index in [2.05, 4.69) is 21.5 Å². The van der Waals surface area contributed by atoms with Gasteiger partial charge in [-0.2, -0.15) is 0 Å². The van der Waals surface area contributed by atoms with Crippen molar-refractivity contribution in [3.05, 3.63) is 30.3 Å². The van der Waals surface area contributed by atoms with Crippen molar-refractivity contribution in [2.75, 3.05) is 5.32 Å². The lowest BCUT2D eigenvalue weighted by atomic mass is 10.3. The van der Waals surface area contributed by atoms with Crippen molar-refractivity contribution in [3.63, 3.8) is 0 Å². The number of nitrogens with one attached hydrogen (secondary N) is 4. The third kappa shape index (κ3) is 4.55. The number of carbonyl (C=O) groups is 2. The van der Waals surface area contributed by atoms with Crippen LogP contribution in [0.25, 0.3) is 0 Å². The Morgan fingerprint density at radius 1 is 1.11 bits per heavy atom. The van der Waals surface area contributed by atoms with Crippen molar-refractivity contribution in [1.82, 2.24) is 16.2 Å². The number of urea groups is 1. The molecule has 1 aromatic rings. The van der Waals surface area contributed by atoms with Crippen molar-refractivity contribution in [2.24, 2.45) is 5.92 Å². The third-order valence-electron chi connectivity index (χ3n) is 2.51. The zero-order chi connectivity index (χ0) is 13.7. The SMILES string of the molecule is O=C(NNC(=S)NC(=O)C1CC1)Nc1ccccc1. The zero-order valence-corrected chi connectivity index (χ0v) is 10.9. The first-order valence-corrected chi connectivity index (χ1v) is 6.29. The molecule has 2 rings (SSSR count). The number of hydrogen-bond acceptors (Lipinski definition) is 3. The molecule has 100 valence electrons. The average molecular weight is 278 g/mol. The van der Waals surface area contributed by atoms with Crippen LogP contribution in [0.15, 0.2) is 30.3 Å². The first-order valence-electron chi connectivity index (χ1n) is 5.88. The van der Waals surface area contributed by atoms with E-state index >= 15 is 0 Å². The van der Waals surface area contributed by atoms with E-state index in [0.29, 0.717) is 5.69 Å². The molecule has 0 unspecified atom stereocenters. The lowest BCUT2D eigenvalue weighted by Crippen LogP contribution is -2.50. The van der Waals surface area contributed by atoms with Crippen LogP contribution in [0.1, 0.15) is 12.8 Å². The quantitative estimate of drug-likeness (QED) is 0.483. The Hall–Kier alpha value is -2.15. The average Bonchev–Trinajstić information content (AvgIpc) is 3.22. The number of amides is 3. The van der Waals surface area contributed by atoms with Crippen molar-refractivity contribution in [2.45, 2.75) is 12.8 Å². The van der Waals surface area contributed by atoms with Gasteiger partial charge in [0.15, 0.2) is 5.11 Å². The molecule has 1 aromatic carbocycles. The molecule has 0 radical (unpaired) electrons. The van der Waals surface area contributed by atoms with Gasteiger partial charge in [-0.05, 0) is 37.2 Å². The number of carbonyl (C=O) groups excluding carboxylic acids is 2. The summed E-state index contributed by atoms with van der Waals surface area (Å²) < 4.78 is 0. The van der Waals surface area contributed by atoms with Crippen LogP contribution in [0.4, 0.5) is 10.5 Å². The van der Waals surface area contributed by atoms with Gasteiger partial charge in [0.25, 0.3) is 0 Å². The van der Waals surface area contributed by atoms with E-state index in [-0.39, 0.29) is 16.9 Å². The smallest absolute Gasteiger partial charge is 0.307 e. The zero-order valence-electron chi connectivity index (χ0n) is 10.1. The van der Waals surface area contributed by atoms with Crippen molar-refractivity contribution < 1.29 is 9.59 Å². The topological polar surface area (TPSA) is 82.3 Å². The van der Waals surface area contributed by atoms with E-state index in [1.807, 2.05) is 18.2 Å². The maximum absolute atomic E-state index is 11.5. The molecule has 0 spiro atoms. The molecule has 6 nitrogen and oxygen atoms in total. The molecule has 19 heavy (non-hydrogen) atoms. The summed E-state index contributed by atoms with van der Waals surface area (Å²) in [6.07, 6.45) is 1.80. The normalized spacial score (nSPS) is 13.3. The van der Waals surface area contributed by atoms with Crippen LogP contribution in [-0.2, 0) is 4.79 Å². The second-order valence-corrected chi connectivity index (χ2v) is 4.57. The molecule has 0 atom stereocenters. The number of thiocarbonyl (C=S) groups is 1. The number of rotatable bonds is 2. The fraction of sp³-hybridized carbons (Fsp3) is 0.250. The van der Waals surface area contributed by atoms with Crippen LogP contribution in [0.3, 0.4) is 0 Å². The Morgan fingerprint density at radius 3 is 2.42 bits per heavy atom. The minimum absolute atomic E-state index is 0.0675. The van der Waals surface area contributed by atoms with E-state index in [9.17, 15) is 9.59 Å². The minimum Gasteiger partial charge on any atom is -0.307 e. The van der Waals surface area contributed by atoms with Gasteiger partial charge in [-0.15, -0.1) is 0 Å². The monoisotopic (exact) mass is 278 g/mol. The fourth-order valence-electron chi connectivity index (χ4n) is 1.39. The standard InChI is InChI=1S/C12H14N4O2S/c17-10(8-6-7-8)14-12(19)16-15-11(18)13-9-4-2-1-3-5-9/h1-5,8H,6-7H2,(H2,13,15,18)(H2,14,16,17,19). The summed E-state index contributed by atoms with van der Waals surface area (Å²) in [5.74, 6) is -0.0411. The number of para-hydroxylation sites is 1. The summed E-state index contributed by atoms with van der Waals surface area (Å²) in [4.78, 5) is 22.9. The summed E-state index contributed by atoms with van der Waals surface area (Å²) in [7, 11) is 0. The van der Waals surface area contributed by atoms with Crippen molar-refractivity contribution in [3.8, 4) is 0 Å². The van der Waals surface area contributed by atoms with Gasteiger partial charge in [-0.1, -0.05) is 18.2 Å². The van der Waals surface area contributed by atoms with Gasteiger partial charge in [0.1, 0.15) is 0 Å². The van der Waals surface area contributed by atoms with E-state index in [0.717, 1.165) is 12.8 Å². The first-order chi connectivity index (χ1) is 9.15. The highest BCUT2D eigenvalue weighted by Gasteiger charge is 2.29. The van der Waals surface area contributed by atoms with Gasteiger partial charge in [-0.25, -0.2) is 10.2 Å².